The number of hydrogen-bond donors (Lipinski definition) is 2. The number of nitrogens with zero attached hydrogens (tertiary/aromatic N) is 1. The fourth-order valence-corrected chi connectivity index (χ4v) is 5.01. The van der Waals surface area contributed by atoms with Gasteiger partial charge in [0.15, 0.2) is 5.78 Å². The van der Waals surface area contributed by atoms with E-state index in [0.29, 0.717) is 5.69 Å². The SMILES string of the molecule is CC1(C)S[C@@H]2[C@H]([C@H](O)C(=O)c3ccc(N)cc3)C(=O)N2[C@H]1C(=O)[O-].[K+]. The van der Waals surface area contributed by atoms with Gasteiger partial charge in [0, 0.05) is 16.0 Å². The van der Waals surface area contributed by atoms with Crippen LogP contribution in [-0.2, 0) is 9.59 Å². The Bertz CT molecular complexity index is 724. The Morgan fingerprint density at radius 1 is 1.32 bits per heavy atom. The van der Waals surface area contributed by atoms with Gasteiger partial charge in [0.25, 0.3) is 0 Å². The first-order valence-corrected chi connectivity index (χ1v) is 8.32. The number of Topliss-reactive ketones (excluding diaryl/α,β-unsaturated/α-hetero) is 1. The average Bonchev–Trinajstić information content (AvgIpc) is 2.75. The Morgan fingerprint density at radius 2 is 1.88 bits per heavy atom. The molecule has 2 heterocycles. The fourth-order valence-electron chi connectivity index (χ4n) is 3.29. The van der Waals surface area contributed by atoms with Crippen LogP contribution in [0.15, 0.2) is 24.3 Å². The van der Waals surface area contributed by atoms with Crippen molar-refractivity contribution in [2.75, 3.05) is 5.73 Å². The van der Waals surface area contributed by atoms with Crippen LogP contribution in [0.5, 0.6) is 0 Å². The molecule has 2 aliphatic rings. The summed E-state index contributed by atoms with van der Waals surface area (Å²) in [5.41, 5.74) is 6.30. The van der Waals surface area contributed by atoms with E-state index in [9.17, 15) is 24.6 Å². The van der Waals surface area contributed by atoms with Gasteiger partial charge in [0.05, 0.1) is 17.4 Å². The molecule has 0 aromatic heterocycles. The molecular weight excluding hydrogens is 371 g/mol. The number of benzene rings is 1. The zero-order valence-electron chi connectivity index (χ0n) is 14.1. The molecule has 1 aromatic rings. The van der Waals surface area contributed by atoms with Gasteiger partial charge >= 0.3 is 51.4 Å². The van der Waals surface area contributed by atoms with Crippen LogP contribution in [0.4, 0.5) is 5.69 Å². The molecule has 2 fully saturated rings. The standard InChI is InChI=1S/C16H18N2O5S.K/c1-16(2)12(15(22)23)18-13(21)9(14(18)24-16)11(20)10(19)7-3-5-8(17)6-4-7;/h3-6,9,11-12,14,20H,17H2,1-2H3,(H,22,23);/q;+1/p-1/t9-,11+,12+,14-;/m1./s1. The molecular formula is C16H17KN2O5S. The number of carboxylic acids is 1. The van der Waals surface area contributed by atoms with E-state index in [1.54, 1.807) is 13.8 Å². The number of nitrogen functional groups attached to an aromatic ring is 1. The largest absolute Gasteiger partial charge is 1.00 e. The molecule has 3 N–H and O–H groups in total. The monoisotopic (exact) mass is 388 g/mol. The minimum Gasteiger partial charge on any atom is -0.548 e. The Labute approximate surface area is 191 Å². The van der Waals surface area contributed by atoms with Crippen LogP contribution >= 0.6 is 11.8 Å². The number of fused-ring (bicyclic) bond motifs is 1. The first kappa shape index (κ1) is 20.9. The van der Waals surface area contributed by atoms with E-state index < -0.39 is 45.8 Å². The molecule has 0 saturated carbocycles. The number of aliphatic carboxylic acids is 1. The molecule has 2 saturated heterocycles. The number of nitrogens with two attached hydrogens (primary N) is 1. The third-order valence-corrected chi connectivity index (χ3v) is 6.10. The van der Waals surface area contributed by atoms with E-state index in [0.717, 1.165) is 0 Å². The summed E-state index contributed by atoms with van der Waals surface area (Å²) in [6, 6.07) is 4.97. The quantitative estimate of drug-likeness (QED) is 0.235. The van der Waals surface area contributed by atoms with Crippen molar-refractivity contribution in [2.45, 2.75) is 36.1 Å². The van der Waals surface area contributed by atoms with Crippen molar-refractivity contribution >= 4 is 35.1 Å². The molecule has 0 spiro atoms. The van der Waals surface area contributed by atoms with Crippen molar-refractivity contribution in [3.8, 4) is 0 Å². The number of aliphatic hydroxyl groups is 1. The molecule has 25 heavy (non-hydrogen) atoms. The van der Waals surface area contributed by atoms with E-state index >= 15 is 0 Å². The molecule has 128 valence electrons. The number of aliphatic hydroxyl groups excluding tert-OH is 1. The molecule has 4 atom stereocenters. The number of hydrogen-bond acceptors (Lipinski definition) is 7. The summed E-state index contributed by atoms with van der Waals surface area (Å²) in [6.07, 6.45) is -1.52. The van der Waals surface area contributed by atoms with Gasteiger partial charge in [-0.2, -0.15) is 0 Å². The molecule has 1 amide bonds. The zero-order valence-corrected chi connectivity index (χ0v) is 18.1. The minimum absolute atomic E-state index is 0. The zero-order chi connectivity index (χ0) is 17.8. The number of β-lactam (4-membered cyclic amide) rings is 1. The number of carboxylic acid groups (broad SMARTS) is 1. The smallest absolute Gasteiger partial charge is 0.548 e. The number of rotatable bonds is 4. The maximum Gasteiger partial charge on any atom is 1.00 e. The van der Waals surface area contributed by atoms with Gasteiger partial charge in [0.1, 0.15) is 12.0 Å². The van der Waals surface area contributed by atoms with E-state index in [2.05, 4.69) is 0 Å². The third kappa shape index (κ3) is 3.43. The van der Waals surface area contributed by atoms with Crippen LogP contribution in [0.2, 0.25) is 0 Å². The first-order chi connectivity index (χ1) is 11.1. The summed E-state index contributed by atoms with van der Waals surface area (Å²) in [6.45, 7) is 3.41. The van der Waals surface area contributed by atoms with Gasteiger partial charge in [-0.05, 0) is 38.1 Å². The van der Waals surface area contributed by atoms with E-state index in [1.165, 1.54) is 40.9 Å². The Hall–Kier alpha value is -0.424. The van der Waals surface area contributed by atoms with Gasteiger partial charge < -0.3 is 25.6 Å². The second-order valence-corrected chi connectivity index (χ2v) is 8.31. The minimum atomic E-state index is -1.52. The normalized spacial score (nSPS) is 27.7. The number of thioether (sulfide) groups is 1. The van der Waals surface area contributed by atoms with Crippen molar-refractivity contribution in [2.24, 2.45) is 5.92 Å². The van der Waals surface area contributed by atoms with Gasteiger partial charge in [0.2, 0.25) is 5.91 Å². The molecule has 9 heteroatoms. The fraction of sp³-hybridized carbons (Fsp3) is 0.438. The van der Waals surface area contributed by atoms with Crippen LogP contribution in [-0.4, -0.2) is 49.9 Å². The van der Waals surface area contributed by atoms with Gasteiger partial charge in [-0.1, -0.05) is 0 Å². The molecule has 2 aliphatic heterocycles. The second kappa shape index (κ2) is 7.30. The van der Waals surface area contributed by atoms with Crippen LogP contribution in [0.25, 0.3) is 0 Å². The predicted molar refractivity (Wildman–Crippen MR) is 85.8 cm³/mol. The van der Waals surface area contributed by atoms with Crippen molar-refractivity contribution in [3.63, 3.8) is 0 Å². The van der Waals surface area contributed by atoms with Crippen LogP contribution in [0.3, 0.4) is 0 Å². The van der Waals surface area contributed by atoms with Crippen molar-refractivity contribution in [3.05, 3.63) is 29.8 Å². The first-order valence-electron chi connectivity index (χ1n) is 7.44. The van der Waals surface area contributed by atoms with E-state index in [-0.39, 0.29) is 56.9 Å². The molecule has 0 unspecified atom stereocenters. The molecule has 0 bridgehead atoms. The summed E-state index contributed by atoms with van der Waals surface area (Å²) >= 11 is 1.26. The maximum atomic E-state index is 12.4. The maximum absolute atomic E-state index is 12.4. The van der Waals surface area contributed by atoms with E-state index in [1.807, 2.05) is 0 Å². The topological polar surface area (TPSA) is 124 Å². The van der Waals surface area contributed by atoms with Crippen LogP contribution in [0, 0.1) is 5.92 Å². The van der Waals surface area contributed by atoms with Gasteiger partial charge in [-0.3, -0.25) is 9.59 Å². The molecule has 0 radical (unpaired) electrons. The number of ketones is 1. The number of carbonyl (C=O) groups excluding carboxylic acids is 3. The van der Waals surface area contributed by atoms with Crippen molar-refractivity contribution in [1.29, 1.82) is 0 Å². The number of anilines is 1. The Balaban J connectivity index is 0.00000225. The summed E-state index contributed by atoms with van der Waals surface area (Å²) in [5, 5.41) is 21.2. The number of amides is 1. The number of carbonyl (C=O) groups is 3. The molecule has 0 aliphatic carbocycles. The average molecular weight is 388 g/mol. The molecule has 1 aromatic carbocycles. The summed E-state index contributed by atoms with van der Waals surface area (Å²) < 4.78 is -0.752. The predicted octanol–water partition coefficient (Wildman–Crippen LogP) is -3.76. The summed E-state index contributed by atoms with van der Waals surface area (Å²) in [4.78, 5) is 37.3. The van der Waals surface area contributed by atoms with E-state index in [4.69, 9.17) is 5.73 Å². The Kier molecular flexibility index (Phi) is 6.10. The molecule has 3 rings (SSSR count). The summed E-state index contributed by atoms with van der Waals surface area (Å²) in [5.74, 6) is -3.41. The molecule has 7 nitrogen and oxygen atoms in total. The van der Waals surface area contributed by atoms with Crippen molar-refractivity contribution in [1.82, 2.24) is 4.90 Å². The van der Waals surface area contributed by atoms with Crippen LogP contribution < -0.4 is 62.2 Å². The van der Waals surface area contributed by atoms with Gasteiger partial charge in [-0.25, -0.2) is 0 Å². The third-order valence-electron chi connectivity index (χ3n) is 4.51. The van der Waals surface area contributed by atoms with Crippen LogP contribution in [0.1, 0.15) is 24.2 Å². The summed E-state index contributed by atoms with van der Waals surface area (Å²) in [7, 11) is 0. The van der Waals surface area contributed by atoms with Gasteiger partial charge in [-0.15, -0.1) is 11.8 Å². The second-order valence-electron chi connectivity index (χ2n) is 6.54. The Morgan fingerprint density at radius 3 is 2.40 bits per heavy atom. The van der Waals surface area contributed by atoms with Crippen molar-refractivity contribution < 1.29 is 76.0 Å².